The molecule has 0 spiro atoms. The Labute approximate surface area is 167 Å². The van der Waals surface area contributed by atoms with E-state index in [0.29, 0.717) is 18.6 Å². The standard InChI is InChI=1S/C22H24N4O3/c1-3-11-26-19-18(21(28)25-22(26)29)16(12-17(24-19)15-9-10-15)20(27)23-13(2)14-7-5-4-6-8-14/h4-8,12-13,15H,3,9-11H2,1-2H3,(H,23,27)(H,25,28,29). The number of H-pyrrole nitrogens is 1. The Morgan fingerprint density at radius 2 is 2.00 bits per heavy atom. The van der Waals surface area contributed by atoms with Crippen molar-refractivity contribution in [2.45, 2.75) is 51.6 Å². The first-order valence-electron chi connectivity index (χ1n) is 10.0. The zero-order valence-corrected chi connectivity index (χ0v) is 16.6. The fourth-order valence-electron chi connectivity index (χ4n) is 3.59. The Balaban J connectivity index is 1.84. The summed E-state index contributed by atoms with van der Waals surface area (Å²) >= 11 is 0. The lowest BCUT2D eigenvalue weighted by Crippen LogP contribution is -2.34. The van der Waals surface area contributed by atoms with Crippen LogP contribution in [0.25, 0.3) is 11.0 Å². The Morgan fingerprint density at radius 1 is 1.28 bits per heavy atom. The topological polar surface area (TPSA) is 96.9 Å². The maximum absolute atomic E-state index is 13.2. The minimum Gasteiger partial charge on any atom is -0.345 e. The van der Waals surface area contributed by atoms with Crippen LogP contribution in [0.1, 0.15) is 66.7 Å². The van der Waals surface area contributed by atoms with Gasteiger partial charge in [-0.3, -0.25) is 19.1 Å². The highest BCUT2D eigenvalue weighted by atomic mass is 16.2. The highest BCUT2D eigenvalue weighted by Crippen LogP contribution is 2.40. The summed E-state index contributed by atoms with van der Waals surface area (Å²) in [6, 6.07) is 11.1. The molecule has 3 aromatic rings. The van der Waals surface area contributed by atoms with Gasteiger partial charge in [0.1, 0.15) is 0 Å². The number of aromatic nitrogens is 3. The Kier molecular flexibility index (Phi) is 5.05. The molecule has 0 radical (unpaired) electrons. The van der Waals surface area contributed by atoms with Gasteiger partial charge in [-0.1, -0.05) is 37.3 Å². The molecule has 2 N–H and O–H groups in total. The molecule has 1 aromatic carbocycles. The molecule has 1 unspecified atom stereocenters. The lowest BCUT2D eigenvalue weighted by atomic mass is 10.1. The number of pyridine rings is 1. The fraction of sp³-hybridized carbons (Fsp3) is 0.364. The van der Waals surface area contributed by atoms with Crippen LogP contribution >= 0.6 is 0 Å². The summed E-state index contributed by atoms with van der Waals surface area (Å²) in [5.41, 5.74) is 1.23. The van der Waals surface area contributed by atoms with E-state index in [-0.39, 0.29) is 28.8 Å². The van der Waals surface area contributed by atoms with Crippen molar-refractivity contribution < 1.29 is 4.79 Å². The normalized spacial score (nSPS) is 14.7. The maximum Gasteiger partial charge on any atom is 0.329 e. The van der Waals surface area contributed by atoms with Crippen molar-refractivity contribution in [1.82, 2.24) is 19.9 Å². The molecule has 0 aliphatic heterocycles. The number of carbonyl (C=O) groups excluding carboxylic acids is 1. The third kappa shape index (κ3) is 3.72. The largest absolute Gasteiger partial charge is 0.345 e. The van der Waals surface area contributed by atoms with Gasteiger partial charge in [-0.25, -0.2) is 9.78 Å². The average molecular weight is 392 g/mol. The summed E-state index contributed by atoms with van der Waals surface area (Å²) in [6.45, 7) is 4.27. The zero-order chi connectivity index (χ0) is 20.5. The number of aryl methyl sites for hydroxylation is 1. The predicted molar refractivity (Wildman–Crippen MR) is 111 cm³/mol. The second-order valence-electron chi connectivity index (χ2n) is 7.58. The number of aromatic amines is 1. The van der Waals surface area contributed by atoms with E-state index in [1.165, 1.54) is 4.57 Å². The molecule has 7 nitrogen and oxygen atoms in total. The van der Waals surface area contributed by atoms with E-state index in [0.717, 1.165) is 24.1 Å². The van der Waals surface area contributed by atoms with Gasteiger partial charge in [-0.2, -0.15) is 0 Å². The van der Waals surface area contributed by atoms with Crippen LogP contribution in [-0.2, 0) is 6.54 Å². The van der Waals surface area contributed by atoms with Crippen molar-refractivity contribution in [2.75, 3.05) is 0 Å². The lowest BCUT2D eigenvalue weighted by Gasteiger charge is -2.16. The van der Waals surface area contributed by atoms with Gasteiger partial charge in [0.25, 0.3) is 11.5 Å². The van der Waals surface area contributed by atoms with Crippen LogP contribution in [-0.4, -0.2) is 20.4 Å². The van der Waals surface area contributed by atoms with Gasteiger partial charge in [0, 0.05) is 18.2 Å². The number of fused-ring (bicyclic) bond motifs is 1. The maximum atomic E-state index is 13.2. The van der Waals surface area contributed by atoms with Crippen molar-refractivity contribution in [3.8, 4) is 0 Å². The fourth-order valence-corrected chi connectivity index (χ4v) is 3.59. The Bertz CT molecular complexity index is 1180. The predicted octanol–water partition coefficient (Wildman–Crippen LogP) is 2.86. The molecule has 4 rings (SSSR count). The number of carbonyl (C=O) groups is 1. The summed E-state index contributed by atoms with van der Waals surface area (Å²) in [5, 5.41) is 3.14. The number of nitrogens with one attached hydrogen (secondary N) is 2. The molecule has 0 bridgehead atoms. The van der Waals surface area contributed by atoms with E-state index in [9.17, 15) is 14.4 Å². The highest BCUT2D eigenvalue weighted by Gasteiger charge is 2.29. The van der Waals surface area contributed by atoms with E-state index in [2.05, 4.69) is 15.3 Å². The van der Waals surface area contributed by atoms with Crippen LogP contribution in [0.15, 0.2) is 46.0 Å². The van der Waals surface area contributed by atoms with Gasteiger partial charge >= 0.3 is 5.69 Å². The number of hydrogen-bond donors (Lipinski definition) is 2. The van der Waals surface area contributed by atoms with Gasteiger partial charge in [-0.05, 0) is 37.8 Å². The summed E-state index contributed by atoms with van der Waals surface area (Å²) in [6.07, 6.45) is 2.71. The SMILES string of the molecule is CCCn1c(=O)[nH]c(=O)c2c(C(=O)NC(C)c3ccccc3)cc(C3CC3)nc21. The highest BCUT2D eigenvalue weighted by molar-refractivity contribution is 6.05. The summed E-state index contributed by atoms with van der Waals surface area (Å²) in [7, 11) is 0. The quantitative estimate of drug-likeness (QED) is 0.674. The van der Waals surface area contributed by atoms with Gasteiger partial charge in [0.05, 0.1) is 17.0 Å². The van der Waals surface area contributed by atoms with Crippen LogP contribution in [0.5, 0.6) is 0 Å². The van der Waals surface area contributed by atoms with Crippen LogP contribution in [0, 0.1) is 0 Å². The van der Waals surface area contributed by atoms with E-state index < -0.39 is 11.2 Å². The molecule has 1 saturated carbocycles. The van der Waals surface area contributed by atoms with Crippen molar-refractivity contribution in [1.29, 1.82) is 0 Å². The first-order valence-corrected chi connectivity index (χ1v) is 10.0. The molecule has 29 heavy (non-hydrogen) atoms. The number of amides is 1. The summed E-state index contributed by atoms with van der Waals surface area (Å²) in [4.78, 5) is 45.1. The summed E-state index contributed by atoms with van der Waals surface area (Å²) in [5.74, 6) is -0.0650. The van der Waals surface area contributed by atoms with E-state index in [4.69, 9.17) is 0 Å². The minimum atomic E-state index is -0.579. The molecule has 1 atom stereocenters. The molecule has 150 valence electrons. The molecule has 0 saturated heterocycles. The van der Waals surface area contributed by atoms with Gasteiger partial charge in [-0.15, -0.1) is 0 Å². The van der Waals surface area contributed by atoms with Crippen LogP contribution in [0.2, 0.25) is 0 Å². The smallest absolute Gasteiger partial charge is 0.329 e. The van der Waals surface area contributed by atoms with Gasteiger partial charge in [0.15, 0.2) is 5.65 Å². The van der Waals surface area contributed by atoms with E-state index in [1.807, 2.05) is 44.2 Å². The van der Waals surface area contributed by atoms with Crippen LogP contribution < -0.4 is 16.6 Å². The molecule has 1 aliphatic rings. The number of rotatable bonds is 6. The van der Waals surface area contributed by atoms with Gasteiger partial charge < -0.3 is 5.32 Å². The number of hydrogen-bond acceptors (Lipinski definition) is 4. The number of nitrogens with zero attached hydrogens (tertiary/aromatic N) is 2. The molecule has 1 fully saturated rings. The Hall–Kier alpha value is -3.22. The van der Waals surface area contributed by atoms with E-state index >= 15 is 0 Å². The Morgan fingerprint density at radius 3 is 2.66 bits per heavy atom. The summed E-state index contributed by atoms with van der Waals surface area (Å²) < 4.78 is 1.46. The first-order chi connectivity index (χ1) is 14.0. The average Bonchev–Trinajstić information content (AvgIpc) is 3.56. The minimum absolute atomic E-state index is 0.167. The molecular formula is C22H24N4O3. The van der Waals surface area contributed by atoms with Crippen molar-refractivity contribution in [3.63, 3.8) is 0 Å². The zero-order valence-electron chi connectivity index (χ0n) is 16.6. The van der Waals surface area contributed by atoms with Gasteiger partial charge in [0.2, 0.25) is 0 Å². The molecule has 2 aromatic heterocycles. The van der Waals surface area contributed by atoms with Crippen molar-refractivity contribution in [2.24, 2.45) is 0 Å². The molecule has 1 aliphatic carbocycles. The second kappa shape index (κ2) is 7.66. The molecule has 2 heterocycles. The second-order valence-corrected chi connectivity index (χ2v) is 7.58. The third-order valence-corrected chi connectivity index (χ3v) is 5.30. The lowest BCUT2D eigenvalue weighted by molar-refractivity contribution is 0.0941. The molecule has 7 heteroatoms. The van der Waals surface area contributed by atoms with Crippen LogP contribution in [0.4, 0.5) is 0 Å². The van der Waals surface area contributed by atoms with Crippen molar-refractivity contribution in [3.05, 3.63) is 74.1 Å². The van der Waals surface area contributed by atoms with Crippen molar-refractivity contribution >= 4 is 16.9 Å². The first kappa shape index (κ1) is 19.1. The van der Waals surface area contributed by atoms with Crippen LogP contribution in [0.3, 0.4) is 0 Å². The number of benzene rings is 1. The molecule has 1 amide bonds. The molecular weight excluding hydrogens is 368 g/mol. The third-order valence-electron chi connectivity index (χ3n) is 5.30. The monoisotopic (exact) mass is 392 g/mol. The van der Waals surface area contributed by atoms with E-state index in [1.54, 1.807) is 6.07 Å².